The average Bonchev–Trinajstić information content (AvgIpc) is 2.39. The van der Waals surface area contributed by atoms with E-state index in [0.717, 1.165) is 0 Å². The molecule has 1 aromatic rings. The summed E-state index contributed by atoms with van der Waals surface area (Å²) in [5, 5.41) is 12.2. The van der Waals surface area contributed by atoms with Gasteiger partial charge in [-0.2, -0.15) is 0 Å². The number of benzene rings is 1. The van der Waals surface area contributed by atoms with Gasteiger partial charge in [0.1, 0.15) is 11.4 Å². The van der Waals surface area contributed by atoms with Crippen LogP contribution in [0.25, 0.3) is 0 Å². The maximum Gasteiger partial charge on any atom is 0.323 e. The minimum Gasteiger partial charge on any atom is -0.480 e. The lowest BCUT2D eigenvalue weighted by Gasteiger charge is -2.27. The van der Waals surface area contributed by atoms with E-state index in [-0.39, 0.29) is 5.82 Å². The zero-order valence-electron chi connectivity index (χ0n) is 12.3. The fraction of sp³-hybridized carbons (Fsp3) is 0.533. The molecule has 2 N–H and O–H groups in total. The van der Waals surface area contributed by atoms with Gasteiger partial charge < -0.3 is 15.3 Å². The number of halogens is 1. The molecule has 0 fully saturated rings. The average molecular weight is 282 g/mol. The van der Waals surface area contributed by atoms with Gasteiger partial charge in [-0.05, 0) is 38.4 Å². The molecule has 1 rings (SSSR count). The Balaban J connectivity index is 2.55. The molecule has 1 unspecified atom stereocenters. The van der Waals surface area contributed by atoms with E-state index in [2.05, 4.69) is 5.32 Å². The second kappa shape index (κ2) is 7.24. The predicted octanol–water partition coefficient (Wildman–Crippen LogP) is 2.49. The fourth-order valence-corrected chi connectivity index (χ4v) is 2.21. The van der Waals surface area contributed by atoms with Crippen LogP contribution in [-0.2, 0) is 4.79 Å². The number of carboxylic acids is 1. The van der Waals surface area contributed by atoms with E-state index in [1.54, 1.807) is 25.1 Å². The van der Waals surface area contributed by atoms with Crippen molar-refractivity contribution in [1.29, 1.82) is 0 Å². The highest BCUT2D eigenvalue weighted by molar-refractivity contribution is 5.78. The Kier molecular flexibility index (Phi) is 5.95. The molecule has 112 valence electrons. The number of likely N-dealkylation sites (N-methyl/N-ethyl adjacent to an activating group) is 1. The standard InChI is InChI=1S/C15H23FN2O2/c1-4-17-15(2,14(19)20)10-7-11-18(3)13-9-6-5-8-12(13)16/h5-6,8-9,17H,4,7,10-11H2,1-3H3,(H,19,20). The third-order valence-corrected chi connectivity index (χ3v) is 3.47. The lowest BCUT2D eigenvalue weighted by molar-refractivity contribution is -0.144. The number of hydrogen-bond donors (Lipinski definition) is 2. The first-order chi connectivity index (χ1) is 9.40. The summed E-state index contributed by atoms with van der Waals surface area (Å²) in [6.07, 6.45) is 1.16. The van der Waals surface area contributed by atoms with Crippen molar-refractivity contribution in [2.75, 3.05) is 25.0 Å². The van der Waals surface area contributed by atoms with Crippen LogP contribution in [0.5, 0.6) is 0 Å². The van der Waals surface area contributed by atoms with Crippen molar-refractivity contribution in [2.24, 2.45) is 0 Å². The summed E-state index contributed by atoms with van der Waals surface area (Å²) in [6, 6.07) is 6.58. The van der Waals surface area contributed by atoms with Crippen molar-refractivity contribution in [3.63, 3.8) is 0 Å². The van der Waals surface area contributed by atoms with Crippen LogP contribution in [0.2, 0.25) is 0 Å². The molecule has 0 bridgehead atoms. The molecule has 0 spiro atoms. The topological polar surface area (TPSA) is 52.6 Å². The minimum absolute atomic E-state index is 0.261. The molecule has 0 saturated carbocycles. The van der Waals surface area contributed by atoms with E-state index >= 15 is 0 Å². The number of nitrogens with one attached hydrogen (secondary N) is 1. The van der Waals surface area contributed by atoms with Crippen LogP contribution in [0, 0.1) is 5.82 Å². The third kappa shape index (κ3) is 4.20. The van der Waals surface area contributed by atoms with Crippen LogP contribution in [0.3, 0.4) is 0 Å². The van der Waals surface area contributed by atoms with E-state index < -0.39 is 11.5 Å². The zero-order chi connectivity index (χ0) is 15.2. The number of nitrogens with zero attached hydrogens (tertiary/aromatic N) is 1. The third-order valence-electron chi connectivity index (χ3n) is 3.47. The van der Waals surface area contributed by atoms with Crippen LogP contribution < -0.4 is 10.2 Å². The number of hydrogen-bond acceptors (Lipinski definition) is 3. The van der Waals surface area contributed by atoms with Gasteiger partial charge in [-0.15, -0.1) is 0 Å². The van der Waals surface area contributed by atoms with Crippen molar-refractivity contribution in [3.05, 3.63) is 30.1 Å². The molecule has 0 aromatic heterocycles. The molecule has 0 amide bonds. The van der Waals surface area contributed by atoms with Gasteiger partial charge >= 0.3 is 5.97 Å². The lowest BCUT2D eigenvalue weighted by Crippen LogP contribution is -2.49. The van der Waals surface area contributed by atoms with Crippen molar-refractivity contribution in [1.82, 2.24) is 5.32 Å². The molecule has 0 aliphatic heterocycles. The molecule has 20 heavy (non-hydrogen) atoms. The quantitative estimate of drug-likeness (QED) is 0.769. The highest BCUT2D eigenvalue weighted by Gasteiger charge is 2.31. The molecule has 1 aromatic carbocycles. The highest BCUT2D eigenvalue weighted by Crippen LogP contribution is 2.19. The summed E-state index contributed by atoms with van der Waals surface area (Å²) in [5.74, 6) is -1.12. The van der Waals surface area contributed by atoms with Gasteiger partial charge in [0.15, 0.2) is 0 Å². The summed E-state index contributed by atoms with van der Waals surface area (Å²) in [7, 11) is 1.81. The normalized spacial score (nSPS) is 13.8. The van der Waals surface area contributed by atoms with Crippen molar-refractivity contribution in [3.8, 4) is 0 Å². The maximum atomic E-state index is 13.6. The van der Waals surface area contributed by atoms with Crippen LogP contribution in [0.1, 0.15) is 26.7 Å². The van der Waals surface area contributed by atoms with E-state index in [4.69, 9.17) is 0 Å². The number of carbonyl (C=O) groups is 1. The van der Waals surface area contributed by atoms with Gasteiger partial charge in [-0.25, -0.2) is 4.39 Å². The van der Waals surface area contributed by atoms with E-state index in [9.17, 15) is 14.3 Å². The molecule has 0 radical (unpaired) electrons. The first-order valence-electron chi connectivity index (χ1n) is 6.85. The molecule has 4 nitrogen and oxygen atoms in total. The van der Waals surface area contributed by atoms with Crippen molar-refractivity contribution in [2.45, 2.75) is 32.2 Å². The molecular weight excluding hydrogens is 259 g/mol. The maximum absolute atomic E-state index is 13.6. The van der Waals surface area contributed by atoms with Gasteiger partial charge in [0.05, 0.1) is 5.69 Å². The van der Waals surface area contributed by atoms with Crippen molar-refractivity contribution < 1.29 is 14.3 Å². The Morgan fingerprint density at radius 2 is 2.10 bits per heavy atom. The highest BCUT2D eigenvalue weighted by atomic mass is 19.1. The molecule has 1 atom stereocenters. The predicted molar refractivity (Wildman–Crippen MR) is 78.6 cm³/mol. The zero-order valence-corrected chi connectivity index (χ0v) is 12.3. The van der Waals surface area contributed by atoms with E-state index in [1.165, 1.54) is 6.07 Å². The summed E-state index contributed by atoms with van der Waals surface area (Å²) in [4.78, 5) is 13.1. The van der Waals surface area contributed by atoms with Crippen LogP contribution in [-0.4, -0.2) is 36.8 Å². The largest absolute Gasteiger partial charge is 0.480 e. The first kappa shape index (κ1) is 16.4. The van der Waals surface area contributed by atoms with Crippen LogP contribution in [0.4, 0.5) is 10.1 Å². The van der Waals surface area contributed by atoms with Gasteiger partial charge in [0.2, 0.25) is 0 Å². The number of para-hydroxylation sites is 1. The SMILES string of the molecule is CCNC(C)(CCCN(C)c1ccccc1F)C(=O)O. The summed E-state index contributed by atoms with van der Waals surface area (Å²) >= 11 is 0. The fourth-order valence-electron chi connectivity index (χ4n) is 2.21. The Labute approximate surface area is 119 Å². The van der Waals surface area contributed by atoms with E-state index in [0.29, 0.717) is 31.6 Å². The van der Waals surface area contributed by atoms with Crippen LogP contribution >= 0.6 is 0 Å². The number of aliphatic carboxylic acids is 1. The minimum atomic E-state index is -0.926. The lowest BCUT2D eigenvalue weighted by atomic mass is 9.95. The molecule has 0 saturated heterocycles. The van der Waals surface area contributed by atoms with Gasteiger partial charge in [0, 0.05) is 13.6 Å². The van der Waals surface area contributed by atoms with Gasteiger partial charge in [-0.1, -0.05) is 19.1 Å². The monoisotopic (exact) mass is 282 g/mol. The number of rotatable bonds is 8. The van der Waals surface area contributed by atoms with Crippen molar-refractivity contribution >= 4 is 11.7 Å². The summed E-state index contributed by atoms with van der Waals surface area (Å²) < 4.78 is 13.6. The Hall–Kier alpha value is -1.62. The molecule has 0 aliphatic rings. The smallest absolute Gasteiger partial charge is 0.323 e. The second-order valence-corrected chi connectivity index (χ2v) is 5.14. The molecular formula is C15H23FN2O2. The Morgan fingerprint density at radius 3 is 2.65 bits per heavy atom. The Morgan fingerprint density at radius 1 is 1.45 bits per heavy atom. The van der Waals surface area contributed by atoms with E-state index in [1.807, 2.05) is 18.9 Å². The molecule has 5 heteroatoms. The van der Waals surface area contributed by atoms with Crippen LogP contribution in [0.15, 0.2) is 24.3 Å². The second-order valence-electron chi connectivity index (χ2n) is 5.14. The number of carboxylic acid groups (broad SMARTS) is 1. The van der Waals surface area contributed by atoms with Gasteiger partial charge in [-0.3, -0.25) is 4.79 Å². The van der Waals surface area contributed by atoms with Gasteiger partial charge in [0.25, 0.3) is 0 Å². The first-order valence-corrected chi connectivity index (χ1v) is 6.85. The molecule has 0 heterocycles. The summed E-state index contributed by atoms with van der Waals surface area (Å²) in [6.45, 7) is 4.77. The summed E-state index contributed by atoms with van der Waals surface area (Å²) in [5.41, 5.74) is -0.391. The molecule has 0 aliphatic carbocycles. The Bertz CT molecular complexity index is 453. The number of anilines is 1.